The lowest BCUT2D eigenvalue weighted by Gasteiger charge is -2.02. The van der Waals surface area contributed by atoms with Crippen LogP contribution in [0.15, 0.2) is 71.7 Å². The summed E-state index contributed by atoms with van der Waals surface area (Å²) in [5, 5.41) is 2.32. The van der Waals surface area contributed by atoms with Crippen molar-refractivity contribution in [2.24, 2.45) is 4.99 Å². The first-order valence-electron chi connectivity index (χ1n) is 8.82. The molecule has 0 bridgehead atoms. The molecule has 0 N–H and O–H groups in total. The fourth-order valence-electron chi connectivity index (χ4n) is 3.19. The maximum Gasteiger partial charge on any atom is 0.248 e. The third-order valence-electron chi connectivity index (χ3n) is 4.51. The Labute approximate surface area is 161 Å². The number of aromatic nitrogens is 1. The van der Waals surface area contributed by atoms with Crippen molar-refractivity contribution in [2.45, 2.75) is 19.4 Å². The molecule has 0 atom stereocenters. The van der Waals surface area contributed by atoms with Gasteiger partial charge in [-0.05, 0) is 23.4 Å². The molecule has 0 spiro atoms. The summed E-state index contributed by atoms with van der Waals surface area (Å²) < 4.78 is 3.06. The highest BCUT2D eigenvalue weighted by molar-refractivity contribution is 7.17. The molecule has 0 saturated heterocycles. The predicted molar refractivity (Wildman–Crippen MR) is 111 cm³/mol. The van der Waals surface area contributed by atoms with E-state index in [1.807, 2.05) is 47.0 Å². The van der Waals surface area contributed by atoms with Crippen molar-refractivity contribution in [2.75, 3.05) is 0 Å². The molecule has 1 amide bonds. The summed E-state index contributed by atoms with van der Waals surface area (Å²) in [7, 11) is 0. The summed E-state index contributed by atoms with van der Waals surface area (Å²) in [6.07, 6.45) is 6.64. The molecule has 1 heterocycles. The lowest BCUT2D eigenvalue weighted by molar-refractivity contribution is -0.118. The van der Waals surface area contributed by atoms with Gasteiger partial charge in [-0.15, -0.1) is 6.42 Å². The molecule has 3 aromatic carbocycles. The molecule has 3 nitrogen and oxygen atoms in total. The van der Waals surface area contributed by atoms with Crippen LogP contribution in [-0.4, -0.2) is 10.5 Å². The van der Waals surface area contributed by atoms with E-state index in [1.54, 1.807) is 0 Å². The molecule has 0 radical (unpaired) electrons. The van der Waals surface area contributed by atoms with Crippen LogP contribution >= 0.6 is 11.3 Å². The summed E-state index contributed by atoms with van der Waals surface area (Å²) in [4.78, 5) is 17.5. The number of thiazole rings is 1. The molecule has 1 aromatic heterocycles. The third-order valence-corrected chi connectivity index (χ3v) is 5.64. The predicted octanol–water partition coefficient (Wildman–Crippen LogP) is 4.55. The average molecular weight is 370 g/mol. The van der Waals surface area contributed by atoms with Crippen molar-refractivity contribution in [3.05, 3.63) is 77.1 Å². The monoisotopic (exact) mass is 370 g/mol. The van der Waals surface area contributed by atoms with Crippen molar-refractivity contribution in [3.63, 3.8) is 0 Å². The topological polar surface area (TPSA) is 34.4 Å². The summed E-state index contributed by atoms with van der Waals surface area (Å²) in [5.41, 5.74) is 2.16. The average Bonchev–Trinajstić information content (AvgIpc) is 3.05. The van der Waals surface area contributed by atoms with Gasteiger partial charge in [0.2, 0.25) is 5.91 Å². The molecule has 4 rings (SSSR count). The van der Waals surface area contributed by atoms with Crippen molar-refractivity contribution in [1.82, 2.24) is 4.57 Å². The van der Waals surface area contributed by atoms with E-state index < -0.39 is 0 Å². The zero-order chi connectivity index (χ0) is 18.6. The Balaban J connectivity index is 1.74. The molecule has 0 saturated carbocycles. The Morgan fingerprint density at radius 3 is 2.63 bits per heavy atom. The smallest absolute Gasteiger partial charge is 0.248 e. The quantitative estimate of drug-likeness (QED) is 0.485. The normalized spacial score (nSPS) is 11.7. The minimum absolute atomic E-state index is 0.125. The Morgan fingerprint density at radius 1 is 1.04 bits per heavy atom. The number of rotatable bonds is 4. The summed E-state index contributed by atoms with van der Waals surface area (Å²) in [6, 6.07) is 22.3. The zero-order valence-corrected chi connectivity index (χ0v) is 15.6. The van der Waals surface area contributed by atoms with Crippen molar-refractivity contribution in [3.8, 4) is 12.3 Å². The Morgan fingerprint density at radius 2 is 1.81 bits per heavy atom. The van der Waals surface area contributed by atoms with Crippen molar-refractivity contribution < 1.29 is 4.79 Å². The maximum atomic E-state index is 12.5. The van der Waals surface area contributed by atoms with E-state index in [-0.39, 0.29) is 5.91 Å². The first-order chi connectivity index (χ1) is 13.3. The van der Waals surface area contributed by atoms with E-state index in [2.05, 4.69) is 35.2 Å². The second kappa shape index (κ2) is 7.61. The number of hydrogen-bond acceptors (Lipinski definition) is 2. The number of terminal acetylenes is 1. The number of carbonyl (C=O) groups excluding carboxylic acids is 1. The third kappa shape index (κ3) is 3.55. The molecule has 0 aliphatic carbocycles. The van der Waals surface area contributed by atoms with Gasteiger partial charge >= 0.3 is 0 Å². The van der Waals surface area contributed by atoms with E-state index in [1.165, 1.54) is 16.7 Å². The molecule has 0 aliphatic rings. The van der Waals surface area contributed by atoms with Crippen LogP contribution in [0.1, 0.15) is 12.0 Å². The van der Waals surface area contributed by atoms with Crippen LogP contribution in [0, 0.1) is 12.3 Å². The molecule has 4 aromatic rings. The van der Waals surface area contributed by atoms with Gasteiger partial charge in [0.15, 0.2) is 4.80 Å². The Hall–Kier alpha value is -3.16. The Bertz CT molecular complexity index is 1230. The van der Waals surface area contributed by atoms with E-state index in [0.29, 0.717) is 24.2 Å². The van der Waals surface area contributed by atoms with Gasteiger partial charge < -0.3 is 4.57 Å². The molecule has 132 valence electrons. The van der Waals surface area contributed by atoms with Gasteiger partial charge in [0.25, 0.3) is 0 Å². The minimum atomic E-state index is -0.125. The maximum absolute atomic E-state index is 12.5. The number of fused-ring (bicyclic) bond motifs is 3. The van der Waals surface area contributed by atoms with Gasteiger partial charge in [-0.25, -0.2) is 0 Å². The number of hydrogen-bond donors (Lipinski definition) is 0. The molecule has 0 fully saturated rings. The van der Waals surface area contributed by atoms with Crippen LogP contribution in [0.5, 0.6) is 0 Å². The van der Waals surface area contributed by atoms with Gasteiger partial charge in [0.1, 0.15) is 0 Å². The fourth-order valence-corrected chi connectivity index (χ4v) is 4.37. The largest absolute Gasteiger partial charge is 0.305 e. The van der Waals surface area contributed by atoms with Crippen LogP contribution in [0.3, 0.4) is 0 Å². The molecule has 27 heavy (non-hydrogen) atoms. The van der Waals surface area contributed by atoms with E-state index >= 15 is 0 Å². The van der Waals surface area contributed by atoms with Gasteiger partial charge in [0, 0.05) is 11.8 Å². The minimum Gasteiger partial charge on any atom is -0.305 e. The number of amides is 1. The molecule has 0 unspecified atom stereocenters. The fraction of sp³-hybridized carbons (Fsp3) is 0.130. The summed E-state index contributed by atoms with van der Waals surface area (Å²) in [5.74, 6) is 2.56. The first-order valence-corrected chi connectivity index (χ1v) is 9.64. The second-order valence-electron chi connectivity index (χ2n) is 6.30. The van der Waals surface area contributed by atoms with Crippen LogP contribution in [0.2, 0.25) is 0 Å². The van der Waals surface area contributed by atoms with Gasteiger partial charge in [-0.3, -0.25) is 4.79 Å². The zero-order valence-electron chi connectivity index (χ0n) is 14.8. The molecule has 0 aliphatic heterocycles. The van der Waals surface area contributed by atoms with E-state index in [0.717, 1.165) is 21.2 Å². The lowest BCUT2D eigenvalue weighted by Crippen LogP contribution is -2.16. The van der Waals surface area contributed by atoms with Gasteiger partial charge in [0.05, 0.1) is 16.8 Å². The number of carbonyl (C=O) groups is 1. The molecular weight excluding hydrogens is 352 g/mol. The standard InChI is InChI=1S/C23H18N2OS/c1-2-16-25-20-14-13-18-10-6-7-11-19(18)22(20)27-23(25)24-21(26)15-12-17-8-4-3-5-9-17/h1,3-11,13-14H,12,15-16H2. The lowest BCUT2D eigenvalue weighted by atomic mass is 10.1. The number of benzene rings is 3. The van der Waals surface area contributed by atoms with Gasteiger partial charge in [-0.2, -0.15) is 4.99 Å². The Kier molecular flexibility index (Phi) is 4.86. The van der Waals surface area contributed by atoms with Crippen molar-refractivity contribution >= 4 is 38.2 Å². The highest BCUT2D eigenvalue weighted by Gasteiger charge is 2.10. The highest BCUT2D eigenvalue weighted by atomic mass is 32.1. The second-order valence-corrected chi connectivity index (χ2v) is 7.28. The van der Waals surface area contributed by atoms with Crippen LogP contribution in [0.4, 0.5) is 0 Å². The number of nitrogens with zero attached hydrogens (tertiary/aromatic N) is 2. The van der Waals surface area contributed by atoms with Crippen molar-refractivity contribution in [1.29, 1.82) is 0 Å². The van der Waals surface area contributed by atoms with E-state index in [4.69, 9.17) is 6.42 Å². The van der Waals surface area contributed by atoms with Crippen LogP contribution in [0.25, 0.3) is 21.0 Å². The highest BCUT2D eigenvalue weighted by Crippen LogP contribution is 2.27. The summed E-state index contributed by atoms with van der Waals surface area (Å²) in [6.45, 7) is 0.392. The molecule has 4 heteroatoms. The summed E-state index contributed by atoms with van der Waals surface area (Å²) >= 11 is 1.52. The molecular formula is C23H18N2OS. The van der Waals surface area contributed by atoms with Crippen LogP contribution < -0.4 is 4.80 Å². The van der Waals surface area contributed by atoms with Gasteiger partial charge in [-0.1, -0.05) is 77.9 Å². The van der Waals surface area contributed by atoms with E-state index in [9.17, 15) is 4.79 Å². The first kappa shape index (κ1) is 17.3. The van der Waals surface area contributed by atoms with Crippen LogP contribution in [-0.2, 0) is 17.8 Å². The SMILES string of the molecule is C#CCn1c(=NC(=O)CCc2ccccc2)sc2c3ccccc3ccc21. The number of aryl methyl sites for hydroxylation is 1.